The van der Waals surface area contributed by atoms with E-state index in [1.54, 1.807) is 0 Å². The van der Waals surface area contributed by atoms with Gasteiger partial charge in [0.2, 0.25) is 0 Å². The number of hydrogen-bond acceptors (Lipinski definition) is 4. The average molecular weight is 212 g/mol. The summed E-state index contributed by atoms with van der Waals surface area (Å²) in [5, 5.41) is 0.137. The normalized spacial score (nSPS) is 33.0. The van der Waals surface area contributed by atoms with Gasteiger partial charge in [-0.25, -0.2) is 0 Å². The van der Waals surface area contributed by atoms with E-state index in [0.717, 1.165) is 26.3 Å². The molecule has 0 bridgehead atoms. The molecule has 0 spiro atoms. The first-order chi connectivity index (χ1) is 6.77. The Morgan fingerprint density at radius 3 is 2.79 bits per heavy atom. The predicted molar refractivity (Wildman–Crippen MR) is 60.4 cm³/mol. The molecule has 4 heteroatoms. The number of morpholine rings is 1. The van der Waals surface area contributed by atoms with Crippen LogP contribution in [0, 0.1) is 0 Å². The van der Waals surface area contributed by atoms with E-state index < -0.39 is 0 Å². The van der Waals surface area contributed by atoms with Gasteiger partial charge in [-0.05, 0) is 12.2 Å². The van der Waals surface area contributed by atoms with Crippen LogP contribution in [-0.4, -0.2) is 42.5 Å². The molecule has 0 amide bonds. The Labute approximate surface area is 90.0 Å². The minimum atomic E-state index is 0.0446. The maximum absolute atomic E-state index is 5.82. The van der Waals surface area contributed by atoms with E-state index in [2.05, 4.69) is 29.7 Å². The molecule has 1 fully saturated rings. The van der Waals surface area contributed by atoms with E-state index in [9.17, 15) is 0 Å². The average Bonchev–Trinajstić information content (AvgIpc) is 2.23. The van der Waals surface area contributed by atoms with Gasteiger partial charge in [-0.3, -0.25) is 0 Å². The summed E-state index contributed by atoms with van der Waals surface area (Å²) >= 11 is 4.42. The third-order valence-electron chi connectivity index (χ3n) is 2.60. The van der Waals surface area contributed by atoms with Crippen molar-refractivity contribution in [1.29, 1.82) is 0 Å². The van der Waals surface area contributed by atoms with Gasteiger partial charge in [0.25, 0.3) is 0 Å². The predicted octanol–water partition coefficient (Wildman–Crippen LogP) is 0.398. The van der Waals surface area contributed by atoms with Crippen molar-refractivity contribution in [3.8, 4) is 0 Å². The molecule has 2 atom stereocenters. The summed E-state index contributed by atoms with van der Waals surface area (Å²) in [5.41, 5.74) is 7.05. The van der Waals surface area contributed by atoms with Gasteiger partial charge in [-0.1, -0.05) is 6.08 Å². The molecule has 0 aromatic carbocycles. The topological polar surface area (TPSA) is 38.5 Å². The van der Waals surface area contributed by atoms with Crippen LogP contribution in [0.25, 0.3) is 0 Å². The molecule has 1 aliphatic carbocycles. The van der Waals surface area contributed by atoms with Crippen LogP contribution in [0.5, 0.6) is 0 Å². The maximum Gasteiger partial charge on any atom is 0.0642 e. The van der Waals surface area contributed by atoms with Crippen LogP contribution in [-0.2, 0) is 4.74 Å². The fourth-order valence-corrected chi connectivity index (χ4v) is 1.95. The molecule has 78 valence electrons. The minimum absolute atomic E-state index is 0.0446. The first-order valence-corrected chi connectivity index (χ1v) is 5.45. The van der Waals surface area contributed by atoms with Crippen molar-refractivity contribution in [2.45, 2.75) is 11.3 Å². The molecule has 2 unspecified atom stereocenters. The molecule has 0 radical (unpaired) electrons. The highest BCUT2D eigenvalue weighted by Crippen LogP contribution is 2.18. The van der Waals surface area contributed by atoms with Crippen molar-refractivity contribution in [3.63, 3.8) is 0 Å². The Balaban J connectivity index is 2.03. The van der Waals surface area contributed by atoms with Gasteiger partial charge < -0.3 is 15.4 Å². The van der Waals surface area contributed by atoms with Gasteiger partial charge >= 0.3 is 0 Å². The van der Waals surface area contributed by atoms with Crippen LogP contribution in [0.1, 0.15) is 0 Å². The Kier molecular flexibility index (Phi) is 3.15. The lowest BCUT2D eigenvalue weighted by molar-refractivity contribution is 0.0551. The molecule has 1 heterocycles. The maximum atomic E-state index is 5.82. The Morgan fingerprint density at radius 1 is 1.43 bits per heavy atom. The zero-order chi connectivity index (χ0) is 9.97. The lowest BCUT2D eigenvalue weighted by Gasteiger charge is -2.32. The van der Waals surface area contributed by atoms with Crippen molar-refractivity contribution in [3.05, 3.63) is 23.9 Å². The quantitative estimate of drug-likeness (QED) is 0.618. The molecule has 2 N–H and O–H groups in total. The summed E-state index contributed by atoms with van der Waals surface area (Å²) in [6.45, 7) is 3.56. The third-order valence-corrected chi connectivity index (χ3v) is 3.09. The van der Waals surface area contributed by atoms with Crippen molar-refractivity contribution < 1.29 is 4.74 Å². The summed E-state index contributed by atoms with van der Waals surface area (Å²) in [4.78, 5) is 2.31. The lowest BCUT2D eigenvalue weighted by atomic mass is 10.1. The summed E-state index contributed by atoms with van der Waals surface area (Å²) in [7, 11) is 0. The van der Waals surface area contributed by atoms with Crippen molar-refractivity contribution in [2.24, 2.45) is 5.73 Å². The SMILES string of the molecule is NC1C=CC(N2CCOCC2)=CC1S. The Morgan fingerprint density at radius 2 is 2.14 bits per heavy atom. The molecule has 14 heavy (non-hydrogen) atoms. The molecule has 0 saturated carbocycles. The molecule has 0 aromatic rings. The highest BCUT2D eigenvalue weighted by Gasteiger charge is 2.18. The molecular formula is C10H16N2OS. The summed E-state index contributed by atoms with van der Waals surface area (Å²) < 4.78 is 5.30. The number of hydrogen-bond donors (Lipinski definition) is 2. The van der Waals surface area contributed by atoms with Crippen LogP contribution in [0.2, 0.25) is 0 Å². The molecular weight excluding hydrogens is 196 g/mol. The van der Waals surface area contributed by atoms with Gasteiger partial charge in [0, 0.05) is 30.1 Å². The highest BCUT2D eigenvalue weighted by atomic mass is 32.1. The highest BCUT2D eigenvalue weighted by molar-refractivity contribution is 7.81. The Bertz CT molecular complexity index is 259. The third kappa shape index (κ3) is 2.13. The van der Waals surface area contributed by atoms with Crippen molar-refractivity contribution in [1.82, 2.24) is 4.90 Å². The van der Waals surface area contributed by atoms with Crippen LogP contribution in [0.4, 0.5) is 0 Å². The number of nitrogens with zero attached hydrogens (tertiary/aromatic N) is 1. The second-order valence-electron chi connectivity index (χ2n) is 3.62. The van der Waals surface area contributed by atoms with Gasteiger partial charge in [0.05, 0.1) is 13.2 Å². The molecule has 2 rings (SSSR count). The number of rotatable bonds is 1. The first kappa shape index (κ1) is 10.1. The van der Waals surface area contributed by atoms with Crippen molar-refractivity contribution in [2.75, 3.05) is 26.3 Å². The molecule has 2 aliphatic rings. The fraction of sp³-hybridized carbons (Fsp3) is 0.600. The van der Waals surface area contributed by atoms with Gasteiger partial charge in [0.1, 0.15) is 0 Å². The lowest BCUT2D eigenvalue weighted by Crippen LogP contribution is -2.38. The largest absolute Gasteiger partial charge is 0.378 e. The molecule has 0 aromatic heterocycles. The second-order valence-corrected chi connectivity index (χ2v) is 4.21. The number of allylic oxidation sites excluding steroid dienone is 1. The van der Waals surface area contributed by atoms with Gasteiger partial charge in [-0.15, -0.1) is 0 Å². The van der Waals surface area contributed by atoms with E-state index in [4.69, 9.17) is 10.5 Å². The monoisotopic (exact) mass is 212 g/mol. The molecule has 1 saturated heterocycles. The van der Waals surface area contributed by atoms with E-state index in [-0.39, 0.29) is 11.3 Å². The number of ether oxygens (including phenoxy) is 1. The van der Waals surface area contributed by atoms with Crippen LogP contribution >= 0.6 is 12.6 Å². The van der Waals surface area contributed by atoms with E-state index in [1.807, 2.05) is 6.08 Å². The Hall–Kier alpha value is -0.450. The van der Waals surface area contributed by atoms with E-state index in [1.165, 1.54) is 5.70 Å². The standard InChI is InChI=1S/C10H16N2OS/c11-9-2-1-8(7-10(9)14)12-3-5-13-6-4-12/h1-2,7,9-10,14H,3-6,11H2. The van der Waals surface area contributed by atoms with Gasteiger partial charge in [-0.2, -0.15) is 12.6 Å². The van der Waals surface area contributed by atoms with Crippen LogP contribution in [0.15, 0.2) is 23.9 Å². The number of nitrogens with two attached hydrogens (primary N) is 1. The zero-order valence-corrected chi connectivity index (χ0v) is 8.99. The summed E-state index contributed by atoms with van der Waals surface area (Å²) in [5.74, 6) is 0. The fourth-order valence-electron chi connectivity index (χ4n) is 1.70. The molecule has 3 nitrogen and oxygen atoms in total. The summed E-state index contributed by atoms with van der Waals surface area (Å²) in [6.07, 6.45) is 6.23. The smallest absolute Gasteiger partial charge is 0.0642 e. The van der Waals surface area contributed by atoms with Crippen LogP contribution in [0.3, 0.4) is 0 Å². The minimum Gasteiger partial charge on any atom is -0.378 e. The van der Waals surface area contributed by atoms with E-state index in [0.29, 0.717) is 0 Å². The van der Waals surface area contributed by atoms with Crippen LogP contribution < -0.4 is 5.73 Å². The number of thiol groups is 1. The zero-order valence-electron chi connectivity index (χ0n) is 8.10. The van der Waals surface area contributed by atoms with Crippen molar-refractivity contribution >= 4 is 12.6 Å². The van der Waals surface area contributed by atoms with Gasteiger partial charge in [0.15, 0.2) is 0 Å². The second kappa shape index (κ2) is 4.38. The molecule has 1 aliphatic heterocycles. The van der Waals surface area contributed by atoms with E-state index >= 15 is 0 Å². The first-order valence-electron chi connectivity index (χ1n) is 4.94. The summed E-state index contributed by atoms with van der Waals surface area (Å²) in [6, 6.07) is 0.0446.